The predicted molar refractivity (Wildman–Crippen MR) is 34.3 cm³/mol. The van der Waals surface area contributed by atoms with Gasteiger partial charge in [0.25, 0.3) is 0 Å². The van der Waals surface area contributed by atoms with Crippen LogP contribution in [-0.2, 0) is 21.3 Å². The first-order valence-electron chi connectivity index (χ1n) is 2.01. The van der Waals surface area contributed by atoms with Crippen LogP contribution >= 0.6 is 0 Å². The van der Waals surface area contributed by atoms with Crippen LogP contribution in [0, 0.1) is 0 Å². The number of rotatable bonds is 1. The normalized spacial score (nSPS) is 8.00. The Morgan fingerprint density at radius 3 is 1.60 bits per heavy atom. The molecule has 5 N–H and O–H groups in total. The number of hydrogen-bond donors (Lipinski definition) is 1. The zero-order valence-corrected chi connectivity index (χ0v) is 6.74. The molecular weight excluding hydrogens is 183 g/mol. The Labute approximate surface area is 69.5 Å². The molecule has 0 rings (SSSR count). The molecule has 5 heteroatoms. The smallest absolute Gasteiger partial charge is 0.155 e. The zero-order valence-electron chi connectivity index (χ0n) is 5.75. The molecule has 0 atom stereocenters. The van der Waals surface area contributed by atoms with Crippen LogP contribution in [0.5, 0.6) is 0 Å². The number of hydrogen-bond acceptors (Lipinski definition) is 2. The van der Waals surface area contributed by atoms with E-state index in [1.165, 1.54) is 19.9 Å². The molecule has 0 aromatic heterocycles. The van der Waals surface area contributed by atoms with Gasteiger partial charge in [0, 0.05) is 22.6 Å². The Balaban J connectivity index is -0.0000000600. The molecule has 0 amide bonds. The monoisotopic (exact) mass is 194 g/mol. The molecule has 4 nitrogen and oxygen atoms in total. The molecule has 0 saturated heterocycles. The van der Waals surface area contributed by atoms with Gasteiger partial charge >= 0.3 is 0 Å². The fourth-order valence-corrected chi connectivity index (χ4v) is 0.294. The topological polar surface area (TPSA) is 100 Å². The summed E-state index contributed by atoms with van der Waals surface area (Å²) in [5.74, 6) is -0.0625. The average molecular weight is 195 g/mol. The second-order valence-corrected chi connectivity index (χ2v) is 1.40. The fraction of sp³-hybridized carbons (Fsp3) is 0.400. The third-order valence-electron chi connectivity index (χ3n) is 0.412. The van der Waals surface area contributed by atoms with Crippen molar-refractivity contribution >= 4 is 5.78 Å². The minimum atomic E-state index is -0.125. The van der Waals surface area contributed by atoms with Gasteiger partial charge in [-0.25, -0.2) is 0 Å². The number of aliphatic hydroxyl groups is 1. The molecule has 0 aromatic carbocycles. The summed E-state index contributed by atoms with van der Waals surface area (Å²) in [4.78, 5) is 10.0. The molecule has 0 radical (unpaired) electrons. The summed E-state index contributed by atoms with van der Waals surface area (Å²) < 4.78 is 0. The van der Waals surface area contributed by atoms with Crippen LogP contribution in [0.1, 0.15) is 13.8 Å². The summed E-state index contributed by atoms with van der Waals surface area (Å²) in [6, 6.07) is 0. The maximum absolute atomic E-state index is 10.0. The Morgan fingerprint density at radius 2 is 1.60 bits per heavy atom. The van der Waals surface area contributed by atoms with Crippen LogP contribution in [-0.4, -0.2) is 21.8 Å². The third-order valence-corrected chi connectivity index (χ3v) is 0.412. The Hall–Kier alpha value is -0.376. The molecule has 0 fully saturated rings. The molecule has 0 bridgehead atoms. The van der Waals surface area contributed by atoms with Crippen LogP contribution in [0.25, 0.3) is 0 Å². The molecule has 0 spiro atoms. The van der Waals surface area contributed by atoms with Gasteiger partial charge < -0.3 is 16.1 Å². The zero-order chi connectivity index (χ0) is 5.86. The molecule has 0 aliphatic carbocycles. The third kappa shape index (κ3) is 25.5. The van der Waals surface area contributed by atoms with Crippen molar-refractivity contribution in [2.75, 3.05) is 0 Å². The number of allylic oxidation sites excluding steroid dienone is 2. The summed E-state index contributed by atoms with van der Waals surface area (Å²) >= 11 is 0. The van der Waals surface area contributed by atoms with Crippen molar-refractivity contribution in [1.29, 1.82) is 0 Å². The molecule has 0 aliphatic rings. The number of carbonyl (C=O) groups excluding carboxylic acids is 1. The van der Waals surface area contributed by atoms with E-state index < -0.39 is 0 Å². The van der Waals surface area contributed by atoms with Crippen LogP contribution in [0.2, 0.25) is 0 Å². The minimum absolute atomic E-state index is 0. The van der Waals surface area contributed by atoms with Crippen LogP contribution < -0.4 is 0 Å². The molecule has 0 aromatic rings. The summed E-state index contributed by atoms with van der Waals surface area (Å²) in [5.41, 5.74) is 0. The second-order valence-electron chi connectivity index (χ2n) is 1.40. The van der Waals surface area contributed by atoms with Gasteiger partial charge in [-0.1, -0.05) is 0 Å². The predicted octanol–water partition coefficient (Wildman–Crippen LogP) is -0.615. The van der Waals surface area contributed by atoms with Crippen LogP contribution in [0.3, 0.4) is 0 Å². The van der Waals surface area contributed by atoms with Gasteiger partial charge in [-0.3, -0.25) is 4.79 Å². The van der Waals surface area contributed by atoms with Crippen molar-refractivity contribution < 1.29 is 37.3 Å². The van der Waals surface area contributed by atoms with Gasteiger partial charge in [-0.15, -0.1) is 0 Å². The quantitative estimate of drug-likeness (QED) is 0.342. The molecule has 0 unspecified atom stereocenters. The van der Waals surface area contributed by atoms with Gasteiger partial charge in [0.2, 0.25) is 0 Å². The number of aliphatic hydroxyl groups excluding tert-OH is 1. The number of carbonyl (C=O) groups is 1. The first-order valence-corrected chi connectivity index (χ1v) is 2.01. The summed E-state index contributed by atoms with van der Waals surface area (Å²) in [6.45, 7) is 2.85. The van der Waals surface area contributed by atoms with E-state index in [-0.39, 0.29) is 39.0 Å². The van der Waals surface area contributed by atoms with E-state index in [0.29, 0.717) is 0 Å². The van der Waals surface area contributed by atoms with E-state index in [2.05, 4.69) is 0 Å². The summed E-state index contributed by atoms with van der Waals surface area (Å²) in [6.07, 6.45) is 1.17. The standard InChI is InChI=1S/C5H8O2.Ni.2H2O/c1-4(6)3-5(2)7;;;/h3,6H,1-2H3;;2*1H2/b4-3-;;;. The van der Waals surface area contributed by atoms with E-state index >= 15 is 0 Å². The van der Waals surface area contributed by atoms with Crippen molar-refractivity contribution in [1.82, 2.24) is 0 Å². The molecule has 0 saturated carbocycles. The molecule has 0 aliphatic heterocycles. The summed E-state index contributed by atoms with van der Waals surface area (Å²) in [7, 11) is 0. The van der Waals surface area contributed by atoms with E-state index in [0.717, 1.165) is 0 Å². The van der Waals surface area contributed by atoms with Gasteiger partial charge in [-0.05, 0) is 13.8 Å². The van der Waals surface area contributed by atoms with Crippen molar-refractivity contribution in [3.05, 3.63) is 11.8 Å². The Kier molecular flexibility index (Phi) is 25.9. The maximum atomic E-state index is 10.0. The minimum Gasteiger partial charge on any atom is -0.512 e. The van der Waals surface area contributed by atoms with Crippen molar-refractivity contribution in [3.8, 4) is 0 Å². The SMILES string of the molecule is CC(=O)/C=C(/C)O.O.O.[Ni]. The Bertz CT molecular complexity index is 106. The van der Waals surface area contributed by atoms with Crippen LogP contribution in [0.4, 0.5) is 0 Å². The molecule has 10 heavy (non-hydrogen) atoms. The summed E-state index contributed by atoms with van der Waals surface area (Å²) in [5, 5.41) is 8.36. The van der Waals surface area contributed by atoms with E-state index in [1.54, 1.807) is 0 Å². The van der Waals surface area contributed by atoms with Gasteiger partial charge in [0.15, 0.2) is 5.78 Å². The first kappa shape index (κ1) is 22.6. The van der Waals surface area contributed by atoms with Crippen LogP contribution in [0.15, 0.2) is 11.8 Å². The fourth-order valence-electron chi connectivity index (χ4n) is 0.294. The van der Waals surface area contributed by atoms with E-state index in [1.807, 2.05) is 0 Å². The molecule has 66 valence electrons. The van der Waals surface area contributed by atoms with Gasteiger partial charge in [0.1, 0.15) is 0 Å². The average Bonchev–Trinajstić information content (AvgIpc) is 1.27. The van der Waals surface area contributed by atoms with Gasteiger partial charge in [0.05, 0.1) is 5.76 Å². The molecule has 0 heterocycles. The largest absolute Gasteiger partial charge is 0.512 e. The van der Waals surface area contributed by atoms with E-state index in [9.17, 15) is 4.79 Å². The van der Waals surface area contributed by atoms with Gasteiger partial charge in [-0.2, -0.15) is 0 Å². The van der Waals surface area contributed by atoms with Crippen molar-refractivity contribution in [2.45, 2.75) is 13.8 Å². The van der Waals surface area contributed by atoms with Crippen molar-refractivity contribution in [3.63, 3.8) is 0 Å². The first-order chi connectivity index (χ1) is 3.13. The molecular formula is C5H12NiO4. The maximum Gasteiger partial charge on any atom is 0.155 e. The number of ketones is 1. The van der Waals surface area contributed by atoms with Crippen molar-refractivity contribution in [2.24, 2.45) is 0 Å². The van der Waals surface area contributed by atoms with E-state index in [4.69, 9.17) is 5.11 Å². The second kappa shape index (κ2) is 11.4. The Morgan fingerprint density at radius 1 is 1.30 bits per heavy atom.